The summed E-state index contributed by atoms with van der Waals surface area (Å²) in [5.74, 6) is 0.515. The molecule has 3 heterocycles. The average Bonchev–Trinajstić information content (AvgIpc) is 3.40. The monoisotopic (exact) mass is 387 g/mol. The van der Waals surface area contributed by atoms with Crippen LogP contribution < -0.4 is 9.64 Å². The number of ether oxygens (including phenoxy) is 2. The van der Waals surface area contributed by atoms with E-state index in [1.807, 2.05) is 65.6 Å². The molecule has 0 saturated carbocycles. The van der Waals surface area contributed by atoms with Gasteiger partial charge in [0, 0.05) is 30.2 Å². The maximum Gasteiger partial charge on any atom is 0.340 e. The van der Waals surface area contributed by atoms with Crippen molar-refractivity contribution in [3.63, 3.8) is 0 Å². The minimum Gasteiger partial charge on any atom is -0.487 e. The van der Waals surface area contributed by atoms with Gasteiger partial charge in [-0.05, 0) is 47.9 Å². The van der Waals surface area contributed by atoms with Gasteiger partial charge in [-0.3, -0.25) is 0 Å². The number of anilines is 1. The van der Waals surface area contributed by atoms with E-state index in [2.05, 4.69) is 16.0 Å². The van der Waals surface area contributed by atoms with Crippen molar-refractivity contribution >= 4 is 22.6 Å². The molecule has 0 amide bonds. The molecule has 0 unspecified atom stereocenters. The van der Waals surface area contributed by atoms with Crippen LogP contribution in [-0.2, 0) is 4.74 Å². The lowest BCUT2D eigenvalue weighted by Crippen LogP contribution is -2.54. The predicted molar refractivity (Wildman–Crippen MR) is 112 cm³/mol. The summed E-state index contributed by atoms with van der Waals surface area (Å²) in [5.41, 5.74) is 3.43. The molecule has 0 bridgehead atoms. The first-order valence-corrected chi connectivity index (χ1v) is 9.56. The molecule has 29 heavy (non-hydrogen) atoms. The lowest BCUT2D eigenvalue weighted by atomic mass is 10.1. The van der Waals surface area contributed by atoms with Gasteiger partial charge in [-0.2, -0.15) is 0 Å². The number of methoxy groups -OCH3 is 1. The summed E-state index contributed by atoms with van der Waals surface area (Å²) >= 11 is 0. The highest BCUT2D eigenvalue weighted by atomic mass is 16.5. The van der Waals surface area contributed by atoms with E-state index in [1.165, 1.54) is 12.5 Å². The van der Waals surface area contributed by atoms with Crippen molar-refractivity contribution in [2.45, 2.75) is 6.10 Å². The van der Waals surface area contributed by atoms with E-state index >= 15 is 0 Å². The number of nitrogens with zero attached hydrogens (tertiary/aromatic N) is 2. The number of carbonyl (C=O) groups is 1. The first-order chi connectivity index (χ1) is 14.2. The molecule has 0 spiro atoms. The van der Waals surface area contributed by atoms with Gasteiger partial charge in [0.25, 0.3) is 0 Å². The molecule has 146 valence electrons. The summed E-state index contributed by atoms with van der Waals surface area (Å²) < 4.78 is 13.1. The number of aromatic amines is 1. The third kappa shape index (κ3) is 3.12. The number of aromatic nitrogens is 2. The fraction of sp³-hybridized carbons (Fsp3) is 0.174. The topological polar surface area (TPSA) is 59.5 Å². The molecular formula is C23H21N3O3. The van der Waals surface area contributed by atoms with Crippen molar-refractivity contribution in [3.8, 4) is 11.4 Å². The summed E-state index contributed by atoms with van der Waals surface area (Å²) in [4.78, 5) is 17.8. The van der Waals surface area contributed by atoms with E-state index in [0.717, 1.165) is 35.7 Å². The predicted octanol–water partition coefficient (Wildman–Crippen LogP) is 4.01. The number of para-hydroxylation sites is 1. The van der Waals surface area contributed by atoms with Crippen LogP contribution in [0.15, 0.2) is 73.2 Å². The lowest BCUT2D eigenvalue weighted by molar-refractivity contribution is 0.0601. The maximum atomic E-state index is 12.3. The fourth-order valence-electron chi connectivity index (χ4n) is 3.82. The largest absolute Gasteiger partial charge is 0.487 e. The number of rotatable bonds is 5. The Morgan fingerprint density at radius 3 is 2.69 bits per heavy atom. The molecule has 1 aliphatic heterocycles. The Balaban J connectivity index is 1.38. The third-order valence-electron chi connectivity index (χ3n) is 5.30. The van der Waals surface area contributed by atoms with Crippen LogP contribution in [0.5, 0.6) is 5.75 Å². The van der Waals surface area contributed by atoms with Crippen LogP contribution in [0.4, 0.5) is 5.69 Å². The van der Waals surface area contributed by atoms with Crippen LogP contribution >= 0.6 is 0 Å². The zero-order chi connectivity index (χ0) is 19.8. The second kappa shape index (κ2) is 7.05. The van der Waals surface area contributed by atoms with Crippen molar-refractivity contribution in [2.75, 3.05) is 25.1 Å². The second-order valence-corrected chi connectivity index (χ2v) is 7.13. The van der Waals surface area contributed by atoms with Gasteiger partial charge in [0.2, 0.25) is 0 Å². The van der Waals surface area contributed by atoms with Crippen LogP contribution in [-0.4, -0.2) is 41.8 Å². The molecule has 2 aromatic carbocycles. The van der Waals surface area contributed by atoms with Crippen LogP contribution in [0.2, 0.25) is 0 Å². The zero-order valence-electron chi connectivity index (χ0n) is 16.0. The van der Waals surface area contributed by atoms with Gasteiger partial charge < -0.3 is 23.9 Å². The van der Waals surface area contributed by atoms with Gasteiger partial charge in [-0.15, -0.1) is 0 Å². The summed E-state index contributed by atoms with van der Waals surface area (Å²) in [6.45, 7) is 1.50. The highest BCUT2D eigenvalue weighted by Crippen LogP contribution is 2.33. The van der Waals surface area contributed by atoms with Crippen molar-refractivity contribution < 1.29 is 14.3 Å². The number of benzene rings is 2. The average molecular weight is 387 g/mol. The van der Waals surface area contributed by atoms with Crippen molar-refractivity contribution in [1.82, 2.24) is 9.55 Å². The zero-order valence-corrected chi connectivity index (χ0v) is 16.0. The molecule has 6 nitrogen and oxygen atoms in total. The highest BCUT2D eigenvalue weighted by molar-refractivity contribution is 5.96. The van der Waals surface area contributed by atoms with E-state index in [9.17, 15) is 4.79 Å². The highest BCUT2D eigenvalue weighted by Gasteiger charge is 2.32. The van der Waals surface area contributed by atoms with E-state index in [-0.39, 0.29) is 12.1 Å². The Labute approximate surface area is 168 Å². The third-order valence-corrected chi connectivity index (χ3v) is 5.30. The first kappa shape index (κ1) is 17.4. The number of carbonyl (C=O) groups excluding carboxylic acids is 1. The van der Waals surface area contributed by atoms with Crippen molar-refractivity contribution in [2.24, 2.45) is 0 Å². The second-order valence-electron chi connectivity index (χ2n) is 7.13. The molecule has 6 heteroatoms. The van der Waals surface area contributed by atoms with E-state index < -0.39 is 0 Å². The van der Waals surface area contributed by atoms with E-state index in [0.29, 0.717) is 5.56 Å². The minimum atomic E-state index is -0.344. The SMILES string of the molecule is COC(=O)c1cccc(N2CC(Oc3ccc4cc[nH]c4c3)C2)c1-n1cccc1. The van der Waals surface area contributed by atoms with Gasteiger partial charge in [0.05, 0.1) is 37.1 Å². The minimum absolute atomic E-state index is 0.0988. The molecule has 4 aromatic rings. The number of H-pyrrole nitrogens is 1. The Bertz CT molecular complexity index is 1160. The van der Waals surface area contributed by atoms with Crippen LogP contribution in [0.1, 0.15) is 10.4 Å². The van der Waals surface area contributed by atoms with Gasteiger partial charge in [-0.1, -0.05) is 6.07 Å². The van der Waals surface area contributed by atoms with Crippen LogP contribution in [0, 0.1) is 0 Å². The standard InChI is InChI=1S/C23H21N3O3/c1-28-23(27)19-5-4-6-21(22(19)25-11-2-3-12-25)26-14-18(15-26)29-17-8-7-16-9-10-24-20(16)13-17/h2-13,18,24H,14-15H2,1H3. The molecule has 5 rings (SSSR count). The molecule has 1 aliphatic rings. The molecule has 1 saturated heterocycles. The van der Waals surface area contributed by atoms with Gasteiger partial charge >= 0.3 is 5.97 Å². The van der Waals surface area contributed by atoms with E-state index in [4.69, 9.17) is 9.47 Å². The van der Waals surface area contributed by atoms with Gasteiger partial charge in [0.1, 0.15) is 11.9 Å². The van der Waals surface area contributed by atoms with Gasteiger partial charge in [-0.25, -0.2) is 4.79 Å². The number of esters is 1. The number of hydrogen-bond acceptors (Lipinski definition) is 4. The normalized spacial score (nSPS) is 14.0. The molecule has 1 N–H and O–H groups in total. The summed E-state index contributed by atoms with van der Waals surface area (Å²) in [7, 11) is 1.41. The molecular weight excluding hydrogens is 366 g/mol. The van der Waals surface area contributed by atoms with Crippen molar-refractivity contribution in [1.29, 1.82) is 0 Å². The molecule has 2 aromatic heterocycles. The fourth-order valence-corrected chi connectivity index (χ4v) is 3.82. The molecule has 0 aliphatic carbocycles. The number of hydrogen-bond donors (Lipinski definition) is 1. The Morgan fingerprint density at radius 1 is 1.07 bits per heavy atom. The Morgan fingerprint density at radius 2 is 1.90 bits per heavy atom. The first-order valence-electron chi connectivity index (χ1n) is 9.56. The molecule has 1 fully saturated rings. The molecule has 0 radical (unpaired) electrons. The summed E-state index contributed by atoms with van der Waals surface area (Å²) in [6.07, 6.45) is 5.90. The summed E-state index contributed by atoms with van der Waals surface area (Å²) in [6, 6.07) is 17.7. The van der Waals surface area contributed by atoms with E-state index in [1.54, 1.807) is 6.07 Å². The Kier molecular flexibility index (Phi) is 4.24. The van der Waals surface area contributed by atoms with Gasteiger partial charge in [0.15, 0.2) is 0 Å². The molecule has 0 atom stereocenters. The summed E-state index contributed by atoms with van der Waals surface area (Å²) in [5, 5.41) is 1.17. The maximum absolute atomic E-state index is 12.3. The number of fused-ring (bicyclic) bond motifs is 1. The number of nitrogens with one attached hydrogen (secondary N) is 1. The van der Waals surface area contributed by atoms with Crippen LogP contribution in [0.25, 0.3) is 16.6 Å². The smallest absolute Gasteiger partial charge is 0.340 e. The van der Waals surface area contributed by atoms with Crippen molar-refractivity contribution in [3.05, 3.63) is 78.8 Å². The Hall–Kier alpha value is -3.67. The lowest BCUT2D eigenvalue weighted by Gasteiger charge is -2.41. The van der Waals surface area contributed by atoms with Crippen LogP contribution in [0.3, 0.4) is 0 Å². The quantitative estimate of drug-likeness (QED) is 0.526.